The number of benzene rings is 2. The minimum atomic E-state index is -0.153. The maximum atomic E-state index is 12.8. The number of carbonyl (C=O) groups excluding carboxylic acids is 1. The average molecular weight is 504 g/mol. The molecule has 3 aromatic rings. The van der Waals surface area contributed by atoms with E-state index in [4.69, 9.17) is 9.47 Å². The number of aromatic nitrogens is 3. The van der Waals surface area contributed by atoms with E-state index in [1.807, 2.05) is 24.3 Å². The molecular formula is C29H37N5O3. The van der Waals surface area contributed by atoms with Crippen molar-refractivity contribution in [2.75, 3.05) is 27.2 Å². The van der Waals surface area contributed by atoms with Crippen LogP contribution in [0.25, 0.3) is 0 Å². The molecule has 1 amide bonds. The fourth-order valence-corrected chi connectivity index (χ4v) is 5.34. The molecule has 1 aromatic heterocycles. The highest BCUT2D eigenvalue weighted by Gasteiger charge is 2.25. The van der Waals surface area contributed by atoms with Gasteiger partial charge in [0.25, 0.3) is 5.91 Å². The van der Waals surface area contributed by atoms with Crippen LogP contribution in [0.2, 0.25) is 0 Å². The fraction of sp³-hybridized carbons (Fsp3) is 0.483. The molecule has 1 aliphatic heterocycles. The summed E-state index contributed by atoms with van der Waals surface area (Å²) in [5, 5.41) is 11.4. The third kappa shape index (κ3) is 6.68. The number of piperidine rings is 1. The van der Waals surface area contributed by atoms with Gasteiger partial charge in [-0.25, -0.2) is 4.68 Å². The van der Waals surface area contributed by atoms with Crippen molar-refractivity contribution in [1.82, 2.24) is 25.2 Å². The minimum Gasteiger partial charge on any atom is -0.497 e. The molecule has 5 rings (SSSR count). The molecule has 2 heterocycles. The number of amides is 1. The molecular weight excluding hydrogens is 466 g/mol. The third-order valence-corrected chi connectivity index (χ3v) is 7.66. The quantitative estimate of drug-likeness (QED) is 0.495. The predicted octanol–water partition coefficient (Wildman–Crippen LogP) is 4.26. The number of ether oxygens (including phenoxy) is 2. The SMILES string of the molecule is COc1ccc(Cn2cc(C(=O)NC3CCC(c4ccc(OC5CCN(C)CC5)cc4)CC3)nn2)cc1. The summed E-state index contributed by atoms with van der Waals surface area (Å²) in [6.45, 7) is 2.76. The van der Waals surface area contributed by atoms with Gasteiger partial charge in [-0.3, -0.25) is 4.79 Å². The number of likely N-dealkylation sites (tertiary alicyclic amines) is 1. The Morgan fingerprint density at radius 1 is 0.946 bits per heavy atom. The van der Waals surface area contributed by atoms with E-state index in [9.17, 15) is 4.79 Å². The lowest BCUT2D eigenvalue weighted by Crippen LogP contribution is -2.37. The van der Waals surface area contributed by atoms with Crippen LogP contribution >= 0.6 is 0 Å². The van der Waals surface area contributed by atoms with Gasteiger partial charge in [0.2, 0.25) is 0 Å². The maximum Gasteiger partial charge on any atom is 0.273 e. The maximum absolute atomic E-state index is 12.8. The summed E-state index contributed by atoms with van der Waals surface area (Å²) in [6, 6.07) is 16.6. The van der Waals surface area contributed by atoms with Crippen molar-refractivity contribution < 1.29 is 14.3 Å². The summed E-state index contributed by atoms with van der Waals surface area (Å²) in [4.78, 5) is 15.1. The number of hydrogen-bond donors (Lipinski definition) is 1. The van der Waals surface area contributed by atoms with E-state index in [1.165, 1.54) is 5.56 Å². The average Bonchev–Trinajstić information content (AvgIpc) is 3.40. The van der Waals surface area contributed by atoms with Gasteiger partial charge in [-0.05, 0) is 86.9 Å². The van der Waals surface area contributed by atoms with E-state index in [1.54, 1.807) is 18.0 Å². The summed E-state index contributed by atoms with van der Waals surface area (Å²) in [5.74, 6) is 2.15. The first-order valence-corrected chi connectivity index (χ1v) is 13.3. The van der Waals surface area contributed by atoms with Gasteiger partial charge in [-0.1, -0.05) is 29.5 Å². The molecule has 1 aliphatic carbocycles. The number of rotatable bonds is 8. The molecule has 0 bridgehead atoms. The van der Waals surface area contributed by atoms with Crippen molar-refractivity contribution in [1.29, 1.82) is 0 Å². The van der Waals surface area contributed by atoms with Crippen LogP contribution in [0.5, 0.6) is 11.5 Å². The first-order valence-electron chi connectivity index (χ1n) is 13.3. The highest BCUT2D eigenvalue weighted by molar-refractivity contribution is 5.92. The molecule has 0 atom stereocenters. The van der Waals surface area contributed by atoms with Crippen LogP contribution in [0.3, 0.4) is 0 Å². The summed E-state index contributed by atoms with van der Waals surface area (Å²) >= 11 is 0. The van der Waals surface area contributed by atoms with Crippen LogP contribution in [-0.2, 0) is 6.54 Å². The molecule has 0 spiro atoms. The zero-order valence-electron chi connectivity index (χ0n) is 21.8. The van der Waals surface area contributed by atoms with Gasteiger partial charge in [0.05, 0.1) is 19.9 Å². The molecule has 2 aliphatic rings. The molecule has 1 N–H and O–H groups in total. The van der Waals surface area contributed by atoms with Gasteiger partial charge in [0, 0.05) is 19.1 Å². The smallest absolute Gasteiger partial charge is 0.273 e. The lowest BCUT2D eigenvalue weighted by atomic mass is 9.81. The Morgan fingerprint density at radius 2 is 1.62 bits per heavy atom. The third-order valence-electron chi connectivity index (χ3n) is 7.66. The monoisotopic (exact) mass is 503 g/mol. The highest BCUT2D eigenvalue weighted by Crippen LogP contribution is 2.34. The molecule has 0 unspecified atom stereocenters. The van der Waals surface area contributed by atoms with Gasteiger partial charge >= 0.3 is 0 Å². The Morgan fingerprint density at radius 3 is 2.30 bits per heavy atom. The minimum absolute atomic E-state index is 0.153. The van der Waals surface area contributed by atoms with Gasteiger partial charge < -0.3 is 19.7 Å². The number of nitrogens with one attached hydrogen (secondary N) is 1. The Labute approximate surface area is 219 Å². The van der Waals surface area contributed by atoms with E-state index in [0.717, 1.165) is 68.7 Å². The van der Waals surface area contributed by atoms with Crippen LogP contribution in [0.1, 0.15) is 66.1 Å². The first-order chi connectivity index (χ1) is 18.1. The van der Waals surface area contributed by atoms with Crippen molar-refractivity contribution in [3.63, 3.8) is 0 Å². The predicted molar refractivity (Wildman–Crippen MR) is 142 cm³/mol. The van der Waals surface area contributed by atoms with Crippen molar-refractivity contribution in [3.05, 3.63) is 71.5 Å². The molecule has 0 radical (unpaired) electrons. The van der Waals surface area contributed by atoms with Gasteiger partial charge in [-0.2, -0.15) is 0 Å². The molecule has 1 saturated heterocycles. The number of methoxy groups -OCH3 is 1. The number of hydrogen-bond acceptors (Lipinski definition) is 6. The first kappa shape index (κ1) is 25.3. The van der Waals surface area contributed by atoms with E-state index < -0.39 is 0 Å². The normalized spacial score (nSPS) is 20.9. The van der Waals surface area contributed by atoms with Crippen molar-refractivity contribution in [3.8, 4) is 11.5 Å². The van der Waals surface area contributed by atoms with Crippen molar-refractivity contribution in [2.45, 2.75) is 63.1 Å². The molecule has 2 aromatic carbocycles. The molecule has 196 valence electrons. The van der Waals surface area contributed by atoms with E-state index >= 15 is 0 Å². The molecule has 8 heteroatoms. The lowest BCUT2D eigenvalue weighted by molar-refractivity contribution is 0.0920. The van der Waals surface area contributed by atoms with Crippen LogP contribution in [0.4, 0.5) is 0 Å². The Balaban J connectivity index is 1.07. The second-order valence-electron chi connectivity index (χ2n) is 10.4. The second kappa shape index (κ2) is 11.8. The zero-order chi connectivity index (χ0) is 25.6. The zero-order valence-corrected chi connectivity index (χ0v) is 21.8. The molecule has 37 heavy (non-hydrogen) atoms. The fourth-order valence-electron chi connectivity index (χ4n) is 5.34. The van der Waals surface area contributed by atoms with Crippen molar-refractivity contribution >= 4 is 5.91 Å². The van der Waals surface area contributed by atoms with Crippen LogP contribution < -0.4 is 14.8 Å². The van der Waals surface area contributed by atoms with Crippen LogP contribution in [-0.4, -0.2) is 65.2 Å². The largest absolute Gasteiger partial charge is 0.497 e. The van der Waals surface area contributed by atoms with Gasteiger partial charge in [0.15, 0.2) is 5.69 Å². The summed E-state index contributed by atoms with van der Waals surface area (Å²) in [5.41, 5.74) is 2.79. The Kier molecular flexibility index (Phi) is 8.04. The standard InChI is InChI=1S/C29H37N5O3/c1-33-17-15-27(16-18-33)37-26-13-7-23(8-14-26)22-5-9-24(10-6-22)30-29(35)28-20-34(32-31-28)19-21-3-11-25(36-2)12-4-21/h3-4,7-8,11-14,20,22,24,27H,5-6,9-10,15-19H2,1-2H3,(H,30,35). The Bertz CT molecular complexity index is 1150. The van der Waals surface area contributed by atoms with Gasteiger partial charge in [0.1, 0.15) is 17.6 Å². The topological polar surface area (TPSA) is 81.5 Å². The highest BCUT2D eigenvalue weighted by atomic mass is 16.5. The summed E-state index contributed by atoms with van der Waals surface area (Å²) in [6.07, 6.45) is 8.26. The molecule has 8 nitrogen and oxygen atoms in total. The Hall–Kier alpha value is -3.39. The lowest BCUT2D eigenvalue weighted by Gasteiger charge is -2.30. The summed E-state index contributed by atoms with van der Waals surface area (Å²) < 4.78 is 13.1. The van der Waals surface area contributed by atoms with E-state index in [0.29, 0.717) is 24.3 Å². The molecule has 1 saturated carbocycles. The molecule has 2 fully saturated rings. The van der Waals surface area contributed by atoms with Crippen LogP contribution in [0, 0.1) is 0 Å². The number of nitrogens with zero attached hydrogens (tertiary/aromatic N) is 4. The second-order valence-corrected chi connectivity index (χ2v) is 10.4. The van der Waals surface area contributed by atoms with E-state index in [-0.39, 0.29) is 11.9 Å². The number of carbonyl (C=O) groups is 1. The van der Waals surface area contributed by atoms with Crippen molar-refractivity contribution in [2.24, 2.45) is 0 Å². The van der Waals surface area contributed by atoms with Gasteiger partial charge in [-0.15, -0.1) is 5.10 Å². The van der Waals surface area contributed by atoms with Crippen LogP contribution in [0.15, 0.2) is 54.7 Å². The van der Waals surface area contributed by atoms with E-state index in [2.05, 4.69) is 51.8 Å². The summed E-state index contributed by atoms with van der Waals surface area (Å²) in [7, 11) is 3.81.